The molecule has 2 aromatic carbocycles. The van der Waals surface area contributed by atoms with Gasteiger partial charge in [-0.05, 0) is 29.5 Å². The number of benzene rings is 2. The Morgan fingerprint density at radius 2 is 1.71 bits per heavy atom. The molecule has 6 nitrogen and oxygen atoms in total. The number of para-hydroxylation sites is 1. The minimum absolute atomic E-state index is 0.0806. The van der Waals surface area contributed by atoms with Gasteiger partial charge in [0.15, 0.2) is 0 Å². The first kappa shape index (κ1) is 18.2. The molecule has 2 atom stereocenters. The van der Waals surface area contributed by atoms with Gasteiger partial charge in [-0.15, -0.1) is 0 Å². The average molecular weight is 377 g/mol. The normalized spacial score (nSPS) is 24.6. The van der Waals surface area contributed by atoms with Crippen molar-refractivity contribution >= 4 is 11.4 Å². The molecule has 28 heavy (non-hydrogen) atoms. The summed E-state index contributed by atoms with van der Waals surface area (Å²) in [6.45, 7) is 4.27. The van der Waals surface area contributed by atoms with Crippen molar-refractivity contribution in [3.63, 3.8) is 0 Å². The highest BCUT2D eigenvalue weighted by Crippen LogP contribution is 2.49. The smallest absolute Gasteiger partial charge is 0.364 e. The van der Waals surface area contributed by atoms with Crippen molar-refractivity contribution in [2.75, 3.05) is 5.43 Å². The molecule has 0 radical (unpaired) electrons. The van der Waals surface area contributed by atoms with Gasteiger partial charge >= 0.3 is 6.23 Å². The monoisotopic (exact) mass is 377 g/mol. The summed E-state index contributed by atoms with van der Waals surface area (Å²) in [5, 5.41) is 16.4. The molecule has 0 aromatic heterocycles. The zero-order chi connectivity index (χ0) is 19.7. The second-order valence-corrected chi connectivity index (χ2v) is 8.07. The van der Waals surface area contributed by atoms with E-state index < -0.39 is 12.1 Å². The number of ether oxygens (including phenoxy) is 1. The summed E-state index contributed by atoms with van der Waals surface area (Å²) < 4.78 is 5.88. The van der Waals surface area contributed by atoms with Crippen molar-refractivity contribution in [2.45, 2.75) is 38.8 Å². The highest BCUT2D eigenvalue weighted by atomic mass is 16.7. The maximum absolute atomic E-state index is 11.8. The van der Waals surface area contributed by atoms with E-state index in [-0.39, 0.29) is 10.3 Å². The largest absolute Gasteiger partial charge is 0.433 e. The van der Waals surface area contributed by atoms with Crippen molar-refractivity contribution in [1.29, 1.82) is 0 Å². The number of nitrogens with one attached hydrogen (secondary N) is 1. The van der Waals surface area contributed by atoms with E-state index in [4.69, 9.17) is 4.74 Å². The molecule has 0 fully saturated rings. The molecule has 1 heterocycles. The van der Waals surface area contributed by atoms with Crippen molar-refractivity contribution in [3.05, 3.63) is 87.7 Å². The molecular weight excluding hydrogens is 354 g/mol. The Kier molecular flexibility index (Phi) is 4.63. The van der Waals surface area contributed by atoms with E-state index in [2.05, 4.69) is 24.4 Å². The van der Waals surface area contributed by atoms with Gasteiger partial charge in [0.2, 0.25) is 0 Å². The zero-order valence-electron chi connectivity index (χ0n) is 16.0. The molecule has 0 spiro atoms. The highest BCUT2D eigenvalue weighted by Gasteiger charge is 2.50. The Morgan fingerprint density at radius 3 is 2.36 bits per heavy atom. The van der Waals surface area contributed by atoms with E-state index >= 15 is 0 Å². The van der Waals surface area contributed by atoms with Crippen LogP contribution in [-0.4, -0.2) is 16.9 Å². The van der Waals surface area contributed by atoms with E-state index in [0.29, 0.717) is 12.2 Å². The minimum atomic E-state index is -1.12. The van der Waals surface area contributed by atoms with Crippen LogP contribution in [0.5, 0.6) is 0 Å². The van der Waals surface area contributed by atoms with Crippen molar-refractivity contribution in [3.8, 4) is 0 Å². The van der Waals surface area contributed by atoms with Crippen molar-refractivity contribution in [1.82, 2.24) is 0 Å². The second-order valence-electron chi connectivity index (χ2n) is 8.07. The second kappa shape index (κ2) is 7.11. The summed E-state index contributed by atoms with van der Waals surface area (Å²) in [5.41, 5.74) is 6.47. The van der Waals surface area contributed by atoms with Crippen molar-refractivity contribution < 1.29 is 9.66 Å². The summed E-state index contributed by atoms with van der Waals surface area (Å²) in [5.74, 6) is 0.235. The molecule has 1 aliphatic carbocycles. The summed E-state index contributed by atoms with van der Waals surface area (Å²) in [7, 11) is 0. The SMILES string of the molecule is CC1(C)CC2=C(/C(=N/Nc3ccccc3)C1)C(c1ccccc1)C([N+](=O)[O-])O2. The lowest BCUT2D eigenvalue weighted by atomic mass is 9.73. The molecule has 2 aromatic rings. The van der Waals surface area contributed by atoms with E-state index in [1.54, 1.807) is 0 Å². The number of anilines is 1. The van der Waals surface area contributed by atoms with E-state index in [1.165, 1.54) is 0 Å². The summed E-state index contributed by atoms with van der Waals surface area (Å²) in [6.07, 6.45) is 0.270. The van der Waals surface area contributed by atoms with Gasteiger partial charge in [0.05, 0.1) is 16.3 Å². The van der Waals surface area contributed by atoms with Crippen LogP contribution in [0.4, 0.5) is 5.69 Å². The van der Waals surface area contributed by atoms with Gasteiger partial charge in [-0.3, -0.25) is 15.5 Å². The maximum atomic E-state index is 11.8. The third-order valence-electron chi connectivity index (χ3n) is 5.22. The molecule has 0 saturated heterocycles. The van der Waals surface area contributed by atoms with Crippen LogP contribution in [-0.2, 0) is 4.74 Å². The van der Waals surface area contributed by atoms with Crippen LogP contribution in [0.15, 0.2) is 77.1 Å². The lowest BCUT2D eigenvalue weighted by Gasteiger charge is -2.31. The van der Waals surface area contributed by atoms with Gasteiger partial charge in [-0.2, -0.15) is 5.10 Å². The molecule has 0 bridgehead atoms. The quantitative estimate of drug-likeness (QED) is 0.604. The van der Waals surface area contributed by atoms with E-state index in [0.717, 1.165) is 29.0 Å². The molecule has 2 unspecified atom stereocenters. The molecule has 6 heteroatoms. The predicted octanol–water partition coefficient (Wildman–Crippen LogP) is 4.95. The molecule has 0 saturated carbocycles. The summed E-state index contributed by atoms with van der Waals surface area (Å²) in [4.78, 5) is 11.4. The Hall–Kier alpha value is -3.15. The van der Waals surface area contributed by atoms with Gasteiger partial charge in [0.25, 0.3) is 0 Å². The van der Waals surface area contributed by atoms with Crippen LogP contribution in [0.2, 0.25) is 0 Å². The van der Waals surface area contributed by atoms with Gasteiger partial charge in [-0.1, -0.05) is 62.4 Å². The maximum Gasteiger partial charge on any atom is 0.364 e. The van der Waals surface area contributed by atoms with Crippen LogP contribution in [0.25, 0.3) is 0 Å². The number of hydrazone groups is 1. The van der Waals surface area contributed by atoms with Gasteiger partial charge in [0, 0.05) is 12.0 Å². The number of allylic oxidation sites excluding steroid dienone is 1. The van der Waals surface area contributed by atoms with Crippen molar-refractivity contribution in [2.24, 2.45) is 10.5 Å². The molecule has 1 N–H and O–H groups in total. The number of hydrogen-bond donors (Lipinski definition) is 1. The van der Waals surface area contributed by atoms with Gasteiger partial charge in [0.1, 0.15) is 11.7 Å². The van der Waals surface area contributed by atoms with Gasteiger partial charge in [-0.25, -0.2) is 0 Å². The highest BCUT2D eigenvalue weighted by molar-refractivity contribution is 6.04. The fourth-order valence-electron chi connectivity index (χ4n) is 4.02. The van der Waals surface area contributed by atoms with Crippen LogP contribution >= 0.6 is 0 Å². The number of nitro groups is 1. The first-order valence-electron chi connectivity index (χ1n) is 9.41. The standard InChI is InChI=1S/C22H23N3O3/c1-22(2)13-17(24-23-16-11-7-4-8-12-16)20-18(14-22)28-21(25(26)27)19(20)15-9-5-3-6-10-15/h3-12,19,21,23H,13-14H2,1-2H3/b24-17+. The first-order chi connectivity index (χ1) is 13.4. The van der Waals surface area contributed by atoms with Crippen LogP contribution in [0.3, 0.4) is 0 Å². The molecule has 1 aliphatic heterocycles. The lowest BCUT2D eigenvalue weighted by Crippen LogP contribution is -2.29. The van der Waals surface area contributed by atoms with E-state index in [9.17, 15) is 10.1 Å². The number of nitrogens with zero attached hydrogens (tertiary/aromatic N) is 2. The third-order valence-corrected chi connectivity index (χ3v) is 5.22. The Bertz CT molecular complexity index is 936. The zero-order valence-corrected chi connectivity index (χ0v) is 16.0. The molecule has 2 aliphatic rings. The fraction of sp³-hybridized carbons (Fsp3) is 0.318. The molecular formula is C22H23N3O3. The lowest BCUT2D eigenvalue weighted by molar-refractivity contribution is -0.570. The molecule has 144 valence electrons. The fourth-order valence-corrected chi connectivity index (χ4v) is 4.02. The Labute approximate surface area is 164 Å². The Balaban J connectivity index is 1.77. The molecule has 0 amide bonds. The average Bonchev–Trinajstić information content (AvgIpc) is 3.06. The number of rotatable bonds is 4. The summed E-state index contributed by atoms with van der Waals surface area (Å²) in [6, 6.07) is 19.2. The van der Waals surface area contributed by atoms with Crippen LogP contribution < -0.4 is 5.43 Å². The first-order valence-corrected chi connectivity index (χ1v) is 9.41. The number of hydrogen-bond acceptors (Lipinski definition) is 5. The van der Waals surface area contributed by atoms with E-state index in [1.807, 2.05) is 60.7 Å². The van der Waals surface area contributed by atoms with Gasteiger partial charge < -0.3 is 4.74 Å². The topological polar surface area (TPSA) is 76.8 Å². The predicted molar refractivity (Wildman–Crippen MR) is 109 cm³/mol. The molecule has 4 rings (SSSR count). The minimum Gasteiger partial charge on any atom is -0.433 e. The van der Waals surface area contributed by atoms with Crippen LogP contribution in [0.1, 0.15) is 38.2 Å². The van der Waals surface area contributed by atoms with Crippen LogP contribution in [0, 0.1) is 15.5 Å². The summed E-state index contributed by atoms with van der Waals surface area (Å²) >= 11 is 0. The Morgan fingerprint density at radius 1 is 1.07 bits per heavy atom. The third kappa shape index (κ3) is 3.50.